The molecule has 0 spiro atoms. The van der Waals surface area contributed by atoms with Gasteiger partial charge in [-0.05, 0) is 29.4 Å². The molecule has 0 radical (unpaired) electrons. The molecule has 2 aliphatic carbocycles. The minimum Gasteiger partial charge on any atom is -0.365 e. The van der Waals surface area contributed by atoms with Gasteiger partial charge in [0.1, 0.15) is 0 Å². The normalized spacial score (nSPS) is 49.8. The van der Waals surface area contributed by atoms with Crippen molar-refractivity contribution in [2.45, 2.75) is 18.6 Å². The van der Waals surface area contributed by atoms with E-state index in [9.17, 15) is 0 Å². The van der Waals surface area contributed by atoms with Gasteiger partial charge in [0.25, 0.3) is 0 Å². The maximum absolute atomic E-state index is 6.25. The third kappa shape index (κ3) is 0.708. The summed E-state index contributed by atoms with van der Waals surface area (Å²) in [6, 6.07) is 8.85. The molecule has 2 fully saturated rings. The van der Waals surface area contributed by atoms with Crippen LogP contribution in [0.5, 0.6) is 0 Å². The molecule has 16 heavy (non-hydrogen) atoms. The van der Waals surface area contributed by atoms with Gasteiger partial charge in [-0.15, -0.1) is 0 Å². The Hall–Kier alpha value is -1.08. The number of ether oxygens (including phenoxy) is 1. The number of rotatable bonds is 0. The molecule has 1 saturated carbocycles. The molecule has 1 aromatic carbocycles. The summed E-state index contributed by atoms with van der Waals surface area (Å²) in [5.74, 6) is 3.18. The molecule has 2 aliphatic heterocycles. The van der Waals surface area contributed by atoms with Crippen molar-refractivity contribution in [1.29, 1.82) is 0 Å². The van der Waals surface area contributed by atoms with Crippen molar-refractivity contribution in [1.82, 2.24) is 0 Å². The zero-order chi connectivity index (χ0) is 10.3. The molecular weight excluding hydrogens is 196 g/mol. The lowest BCUT2D eigenvalue weighted by Gasteiger charge is -2.30. The van der Waals surface area contributed by atoms with Crippen LogP contribution < -0.4 is 0 Å². The van der Waals surface area contributed by atoms with Crippen molar-refractivity contribution in [3.05, 3.63) is 47.5 Å². The smallest absolute Gasteiger partial charge is 0.0874 e. The zero-order valence-electron chi connectivity index (χ0n) is 9.04. The standard InChI is InChI=1S/C15H14O/c1-2-4-11-10(3-1)14-12-8-5-6-9(7-8)13(12)15(11)16-14/h1-6,8-9,12-15H,7H2/t8-,9-,12?,13?,14+,15?/m0/s1. The van der Waals surface area contributed by atoms with Gasteiger partial charge in [0.2, 0.25) is 0 Å². The van der Waals surface area contributed by atoms with Crippen molar-refractivity contribution in [3.63, 3.8) is 0 Å². The number of benzene rings is 1. The van der Waals surface area contributed by atoms with Crippen LogP contribution in [0.1, 0.15) is 29.8 Å². The molecule has 2 heterocycles. The SMILES string of the molecule is C1=C[C@H]2C[C@H]1C1C3O[C@H](c4ccccc43)C12. The molecule has 1 nitrogen and oxygen atoms in total. The molecule has 0 N–H and O–H groups in total. The maximum atomic E-state index is 6.25. The predicted octanol–water partition coefficient (Wildman–Crippen LogP) is 3.25. The van der Waals surface area contributed by atoms with Crippen molar-refractivity contribution >= 4 is 0 Å². The van der Waals surface area contributed by atoms with E-state index in [0.717, 1.165) is 23.7 Å². The molecule has 4 bridgehead atoms. The molecule has 6 atom stereocenters. The summed E-state index contributed by atoms with van der Waals surface area (Å²) in [5.41, 5.74) is 2.96. The van der Waals surface area contributed by atoms with Crippen molar-refractivity contribution < 1.29 is 4.74 Å². The Bertz CT molecular complexity index is 461. The summed E-state index contributed by atoms with van der Waals surface area (Å²) in [5, 5.41) is 0. The summed E-state index contributed by atoms with van der Waals surface area (Å²) >= 11 is 0. The quantitative estimate of drug-likeness (QED) is 0.597. The molecule has 0 amide bonds. The van der Waals surface area contributed by atoms with Crippen LogP contribution in [0, 0.1) is 23.7 Å². The number of hydrogen-bond donors (Lipinski definition) is 0. The highest BCUT2D eigenvalue weighted by Crippen LogP contribution is 2.68. The van der Waals surface area contributed by atoms with Crippen LogP contribution >= 0.6 is 0 Å². The Morgan fingerprint density at radius 3 is 2.00 bits per heavy atom. The van der Waals surface area contributed by atoms with Crippen molar-refractivity contribution in [2.75, 3.05) is 0 Å². The van der Waals surface area contributed by atoms with Gasteiger partial charge in [-0.2, -0.15) is 0 Å². The van der Waals surface area contributed by atoms with Gasteiger partial charge in [0, 0.05) is 11.8 Å². The second kappa shape index (κ2) is 2.43. The van der Waals surface area contributed by atoms with E-state index in [2.05, 4.69) is 36.4 Å². The predicted molar refractivity (Wildman–Crippen MR) is 60.7 cm³/mol. The first-order valence-corrected chi connectivity index (χ1v) is 6.36. The fourth-order valence-corrected chi connectivity index (χ4v) is 4.68. The number of fused-ring (bicyclic) bond motifs is 12. The second-order valence-electron chi connectivity index (χ2n) is 5.71. The van der Waals surface area contributed by atoms with Crippen LogP contribution in [0.25, 0.3) is 0 Å². The van der Waals surface area contributed by atoms with Gasteiger partial charge in [0.15, 0.2) is 0 Å². The fourth-order valence-electron chi connectivity index (χ4n) is 4.68. The third-order valence-electron chi connectivity index (χ3n) is 5.18. The van der Waals surface area contributed by atoms with E-state index >= 15 is 0 Å². The number of hydrogen-bond acceptors (Lipinski definition) is 1. The van der Waals surface area contributed by atoms with Gasteiger partial charge in [0.05, 0.1) is 12.2 Å². The van der Waals surface area contributed by atoms with E-state index in [4.69, 9.17) is 4.74 Å². The number of allylic oxidation sites excluding steroid dienone is 2. The van der Waals surface area contributed by atoms with Crippen LogP contribution in [-0.2, 0) is 4.74 Å². The first-order chi connectivity index (χ1) is 7.93. The van der Waals surface area contributed by atoms with Gasteiger partial charge in [-0.25, -0.2) is 0 Å². The maximum Gasteiger partial charge on any atom is 0.0874 e. The van der Waals surface area contributed by atoms with Crippen LogP contribution in [0.15, 0.2) is 36.4 Å². The summed E-state index contributed by atoms with van der Waals surface area (Å²) in [6.45, 7) is 0. The molecule has 80 valence electrons. The fraction of sp³-hybridized carbons (Fsp3) is 0.467. The van der Waals surface area contributed by atoms with E-state index in [-0.39, 0.29) is 0 Å². The zero-order valence-corrected chi connectivity index (χ0v) is 9.04. The molecule has 5 rings (SSSR count). The Morgan fingerprint density at radius 1 is 0.875 bits per heavy atom. The van der Waals surface area contributed by atoms with E-state index in [1.807, 2.05) is 0 Å². The highest BCUT2D eigenvalue weighted by atomic mass is 16.5. The van der Waals surface area contributed by atoms with Crippen LogP contribution in [0.2, 0.25) is 0 Å². The lowest BCUT2D eigenvalue weighted by molar-refractivity contribution is 0.0424. The van der Waals surface area contributed by atoms with E-state index in [1.165, 1.54) is 17.5 Å². The summed E-state index contributed by atoms with van der Waals surface area (Å²) in [7, 11) is 0. The first-order valence-electron chi connectivity index (χ1n) is 6.36. The van der Waals surface area contributed by atoms with Gasteiger partial charge < -0.3 is 4.74 Å². The molecular formula is C15H14O. The molecule has 1 aromatic rings. The lowest BCUT2D eigenvalue weighted by Crippen LogP contribution is -2.25. The highest BCUT2D eigenvalue weighted by molar-refractivity contribution is 5.41. The largest absolute Gasteiger partial charge is 0.365 e. The van der Waals surface area contributed by atoms with Crippen molar-refractivity contribution in [3.8, 4) is 0 Å². The lowest BCUT2D eigenvalue weighted by atomic mass is 9.71. The Kier molecular flexibility index (Phi) is 1.23. The van der Waals surface area contributed by atoms with Crippen LogP contribution in [0.3, 0.4) is 0 Å². The van der Waals surface area contributed by atoms with E-state index in [0.29, 0.717) is 12.2 Å². The summed E-state index contributed by atoms with van der Waals surface area (Å²) in [4.78, 5) is 0. The topological polar surface area (TPSA) is 9.23 Å². The minimum atomic E-state index is 0.408. The van der Waals surface area contributed by atoms with Gasteiger partial charge in [-0.1, -0.05) is 36.4 Å². The van der Waals surface area contributed by atoms with Gasteiger partial charge in [-0.3, -0.25) is 0 Å². The average Bonchev–Trinajstić information content (AvgIpc) is 3.07. The first kappa shape index (κ1) is 8.08. The Balaban J connectivity index is 1.73. The Morgan fingerprint density at radius 2 is 1.44 bits per heavy atom. The third-order valence-corrected chi connectivity index (χ3v) is 5.18. The average molecular weight is 210 g/mol. The molecule has 1 heteroatoms. The summed E-state index contributed by atoms with van der Waals surface area (Å²) < 4.78 is 6.25. The molecule has 4 aliphatic rings. The minimum absolute atomic E-state index is 0.408. The van der Waals surface area contributed by atoms with Crippen molar-refractivity contribution in [2.24, 2.45) is 23.7 Å². The van der Waals surface area contributed by atoms with E-state index < -0.39 is 0 Å². The van der Waals surface area contributed by atoms with Crippen LogP contribution in [0.4, 0.5) is 0 Å². The van der Waals surface area contributed by atoms with E-state index in [1.54, 1.807) is 0 Å². The molecule has 0 aromatic heterocycles. The highest BCUT2D eigenvalue weighted by Gasteiger charge is 2.61. The monoisotopic (exact) mass is 210 g/mol. The molecule has 3 unspecified atom stereocenters. The molecule has 1 saturated heterocycles. The Labute approximate surface area is 95.1 Å². The van der Waals surface area contributed by atoms with Crippen LogP contribution in [-0.4, -0.2) is 0 Å². The van der Waals surface area contributed by atoms with Gasteiger partial charge >= 0.3 is 0 Å². The summed E-state index contributed by atoms with van der Waals surface area (Å²) in [6.07, 6.45) is 7.09. The second-order valence-corrected chi connectivity index (χ2v) is 5.71.